The highest BCUT2D eigenvalue weighted by Gasteiger charge is 2.16. The first kappa shape index (κ1) is 17.6. The third-order valence-corrected chi connectivity index (χ3v) is 5.13. The number of aryl methyl sites for hydroxylation is 1. The predicted octanol–water partition coefficient (Wildman–Crippen LogP) is 3.06. The van der Waals surface area contributed by atoms with Crippen molar-refractivity contribution in [1.82, 2.24) is 29.8 Å². The smallest absolute Gasteiger partial charge is 0.262 e. The van der Waals surface area contributed by atoms with Crippen molar-refractivity contribution < 1.29 is 0 Å². The second-order valence-corrected chi connectivity index (χ2v) is 6.89. The van der Waals surface area contributed by atoms with E-state index < -0.39 is 0 Å². The summed E-state index contributed by atoms with van der Waals surface area (Å²) in [4.78, 5) is 17.7. The Morgan fingerprint density at radius 2 is 2.04 bits per heavy atom. The van der Waals surface area contributed by atoms with Gasteiger partial charge in [-0.3, -0.25) is 9.36 Å². The molecular weight excluding hydrogens is 336 g/mol. The standard InChI is InChI=1S/C17H22N6OS/c1-4-10-22-15(19-20-21-22)11-25-17-18-14-9-7-6-8-13(14)16(24)23(17)12(3)5-2/h6-9,12H,4-5,10-11H2,1-3H3/t12-/m0/s1. The number of rotatable bonds is 7. The maximum atomic E-state index is 12.9. The largest absolute Gasteiger partial charge is 0.284 e. The summed E-state index contributed by atoms with van der Waals surface area (Å²) in [6, 6.07) is 7.57. The summed E-state index contributed by atoms with van der Waals surface area (Å²) in [7, 11) is 0. The Kier molecular flexibility index (Phi) is 5.47. The number of nitrogens with zero attached hydrogens (tertiary/aromatic N) is 6. The highest BCUT2D eigenvalue weighted by Crippen LogP contribution is 2.24. The summed E-state index contributed by atoms with van der Waals surface area (Å²) in [6.07, 6.45) is 1.83. The van der Waals surface area contributed by atoms with Gasteiger partial charge >= 0.3 is 0 Å². The Labute approximate surface area is 150 Å². The molecular formula is C17H22N6OS. The van der Waals surface area contributed by atoms with Crippen molar-refractivity contribution in [3.8, 4) is 0 Å². The molecule has 0 amide bonds. The lowest BCUT2D eigenvalue weighted by Gasteiger charge is -2.18. The number of aromatic nitrogens is 6. The number of hydrogen-bond donors (Lipinski definition) is 0. The Morgan fingerprint density at radius 1 is 1.24 bits per heavy atom. The topological polar surface area (TPSA) is 78.5 Å². The van der Waals surface area contributed by atoms with Gasteiger partial charge < -0.3 is 0 Å². The van der Waals surface area contributed by atoms with Gasteiger partial charge in [-0.05, 0) is 42.3 Å². The molecule has 0 unspecified atom stereocenters. The molecule has 2 heterocycles. The molecule has 0 saturated heterocycles. The average molecular weight is 358 g/mol. The number of tetrazole rings is 1. The van der Waals surface area contributed by atoms with Crippen molar-refractivity contribution in [2.24, 2.45) is 0 Å². The first-order valence-electron chi connectivity index (χ1n) is 8.54. The van der Waals surface area contributed by atoms with E-state index in [1.807, 2.05) is 31.2 Å². The lowest BCUT2D eigenvalue weighted by Crippen LogP contribution is -2.26. The Balaban J connectivity index is 1.99. The van der Waals surface area contributed by atoms with Crippen molar-refractivity contribution in [1.29, 1.82) is 0 Å². The van der Waals surface area contributed by atoms with Gasteiger partial charge in [0.25, 0.3) is 5.56 Å². The molecule has 2 aromatic heterocycles. The van der Waals surface area contributed by atoms with Gasteiger partial charge in [-0.25, -0.2) is 9.67 Å². The summed E-state index contributed by atoms with van der Waals surface area (Å²) in [5, 5.41) is 13.2. The molecule has 7 nitrogen and oxygen atoms in total. The monoisotopic (exact) mass is 358 g/mol. The highest BCUT2D eigenvalue weighted by atomic mass is 32.2. The summed E-state index contributed by atoms with van der Waals surface area (Å²) in [6.45, 7) is 6.99. The fourth-order valence-electron chi connectivity index (χ4n) is 2.64. The van der Waals surface area contributed by atoms with E-state index in [4.69, 9.17) is 4.98 Å². The van der Waals surface area contributed by atoms with Crippen LogP contribution in [0.15, 0.2) is 34.2 Å². The minimum Gasteiger partial charge on any atom is -0.284 e. The summed E-state index contributed by atoms with van der Waals surface area (Å²) in [5.74, 6) is 1.37. The lowest BCUT2D eigenvalue weighted by atomic mass is 10.2. The molecule has 0 radical (unpaired) electrons. The Morgan fingerprint density at radius 3 is 2.80 bits per heavy atom. The van der Waals surface area contributed by atoms with Crippen molar-refractivity contribution in [2.45, 2.75) is 57.1 Å². The molecule has 0 bridgehead atoms. The van der Waals surface area contributed by atoms with Gasteiger partial charge in [-0.1, -0.05) is 37.7 Å². The van der Waals surface area contributed by atoms with E-state index >= 15 is 0 Å². The van der Waals surface area contributed by atoms with Crippen LogP contribution in [0.4, 0.5) is 0 Å². The molecule has 0 saturated carbocycles. The molecule has 0 aliphatic carbocycles. The van der Waals surface area contributed by atoms with Gasteiger partial charge in [0.05, 0.1) is 16.7 Å². The second kappa shape index (κ2) is 7.77. The average Bonchev–Trinajstić information content (AvgIpc) is 3.07. The maximum Gasteiger partial charge on any atom is 0.262 e. The quantitative estimate of drug-likeness (QED) is 0.477. The van der Waals surface area contributed by atoms with Gasteiger partial charge in [0.15, 0.2) is 11.0 Å². The summed E-state index contributed by atoms with van der Waals surface area (Å²) >= 11 is 1.51. The van der Waals surface area contributed by atoms with Crippen LogP contribution >= 0.6 is 11.8 Å². The van der Waals surface area contributed by atoms with E-state index in [9.17, 15) is 4.79 Å². The van der Waals surface area contributed by atoms with Crippen LogP contribution in [0.25, 0.3) is 10.9 Å². The molecule has 1 aromatic carbocycles. The number of benzene rings is 1. The highest BCUT2D eigenvalue weighted by molar-refractivity contribution is 7.98. The van der Waals surface area contributed by atoms with Gasteiger partial charge in [0, 0.05) is 12.6 Å². The number of fused-ring (bicyclic) bond motifs is 1. The molecule has 132 valence electrons. The minimum atomic E-state index is 0.00981. The van der Waals surface area contributed by atoms with Crippen LogP contribution < -0.4 is 5.56 Å². The molecule has 3 rings (SSSR count). The van der Waals surface area contributed by atoms with Crippen molar-refractivity contribution in [3.05, 3.63) is 40.4 Å². The molecule has 0 fully saturated rings. The van der Waals surface area contributed by atoms with Crippen molar-refractivity contribution >= 4 is 22.7 Å². The SMILES string of the molecule is CCCn1nnnc1CSc1nc2ccccc2c(=O)n1[C@@H](C)CC. The zero-order valence-corrected chi connectivity index (χ0v) is 15.5. The molecule has 25 heavy (non-hydrogen) atoms. The number of para-hydroxylation sites is 1. The fraction of sp³-hybridized carbons (Fsp3) is 0.471. The van der Waals surface area contributed by atoms with Gasteiger partial charge in [0.1, 0.15) is 0 Å². The first-order chi connectivity index (χ1) is 12.2. The van der Waals surface area contributed by atoms with E-state index in [1.165, 1.54) is 11.8 Å². The van der Waals surface area contributed by atoms with E-state index in [1.54, 1.807) is 9.25 Å². The molecule has 0 aliphatic rings. The van der Waals surface area contributed by atoms with Gasteiger partial charge in [0.2, 0.25) is 0 Å². The van der Waals surface area contributed by atoms with Crippen LogP contribution in [0.5, 0.6) is 0 Å². The fourth-order valence-corrected chi connectivity index (χ4v) is 3.67. The minimum absolute atomic E-state index is 0.00981. The Hall–Kier alpha value is -2.22. The summed E-state index contributed by atoms with van der Waals surface area (Å²) in [5.41, 5.74) is 0.735. The van der Waals surface area contributed by atoms with Gasteiger partial charge in [-0.2, -0.15) is 0 Å². The zero-order valence-electron chi connectivity index (χ0n) is 14.7. The first-order valence-corrected chi connectivity index (χ1v) is 9.53. The molecule has 0 spiro atoms. The lowest BCUT2D eigenvalue weighted by molar-refractivity contribution is 0.468. The molecule has 8 heteroatoms. The van der Waals surface area contributed by atoms with Crippen LogP contribution in [0.1, 0.15) is 45.5 Å². The Bertz CT molecular complexity index is 919. The van der Waals surface area contributed by atoms with Crippen LogP contribution in [0.2, 0.25) is 0 Å². The third-order valence-electron chi connectivity index (χ3n) is 4.18. The van der Waals surface area contributed by atoms with Crippen LogP contribution in [0.3, 0.4) is 0 Å². The van der Waals surface area contributed by atoms with Crippen LogP contribution in [0, 0.1) is 0 Å². The maximum absolute atomic E-state index is 12.9. The van der Waals surface area contributed by atoms with Crippen LogP contribution in [-0.2, 0) is 12.3 Å². The van der Waals surface area contributed by atoms with E-state index in [-0.39, 0.29) is 11.6 Å². The molecule has 0 aliphatic heterocycles. The van der Waals surface area contributed by atoms with Crippen molar-refractivity contribution in [3.63, 3.8) is 0 Å². The number of thioether (sulfide) groups is 1. The van der Waals surface area contributed by atoms with E-state index in [2.05, 4.69) is 29.4 Å². The van der Waals surface area contributed by atoms with E-state index in [0.717, 1.165) is 30.7 Å². The second-order valence-electron chi connectivity index (χ2n) is 5.95. The van der Waals surface area contributed by atoms with Crippen molar-refractivity contribution in [2.75, 3.05) is 0 Å². The third kappa shape index (κ3) is 3.58. The molecule has 1 atom stereocenters. The van der Waals surface area contributed by atoms with E-state index in [0.29, 0.717) is 16.3 Å². The van der Waals surface area contributed by atoms with Gasteiger partial charge in [-0.15, -0.1) is 5.10 Å². The normalized spacial score (nSPS) is 12.6. The summed E-state index contributed by atoms with van der Waals surface area (Å²) < 4.78 is 3.60. The van der Waals surface area contributed by atoms with Crippen LogP contribution in [-0.4, -0.2) is 29.8 Å². The number of hydrogen-bond acceptors (Lipinski definition) is 6. The zero-order chi connectivity index (χ0) is 17.8. The predicted molar refractivity (Wildman–Crippen MR) is 98.7 cm³/mol. The molecule has 0 N–H and O–H groups in total. The molecule has 3 aromatic rings.